The molecule has 1 atom stereocenters. The van der Waals surface area contributed by atoms with Crippen molar-refractivity contribution in [3.8, 4) is 17.6 Å². The molecule has 0 bridgehead atoms. The second kappa shape index (κ2) is 3.63. The Kier molecular flexibility index (Phi) is 2.43. The fraction of sp³-hybridized carbons (Fsp3) is 0.364. The molecule has 0 spiro atoms. The number of hydrogen-bond donors (Lipinski definition) is 0. The molecule has 0 radical (unpaired) electrons. The normalized spacial score (nSPS) is 22.6. The number of rotatable bonds is 1. The first kappa shape index (κ1) is 10.7. The van der Waals surface area contributed by atoms with Crippen molar-refractivity contribution in [1.29, 1.82) is 5.26 Å². The van der Waals surface area contributed by atoms with E-state index in [0.717, 1.165) is 12.1 Å². The molecule has 1 aromatic rings. The molecule has 0 N–H and O–H groups in total. The summed E-state index contributed by atoms with van der Waals surface area (Å²) in [4.78, 5) is 0. The van der Waals surface area contributed by atoms with E-state index >= 15 is 0 Å². The van der Waals surface area contributed by atoms with Gasteiger partial charge in [-0.25, -0.2) is 8.78 Å². The largest absolute Gasteiger partial charge is 0.481 e. The molecular weight excluding hydrogens is 216 g/mol. The fourth-order valence-corrected chi connectivity index (χ4v) is 1.47. The van der Waals surface area contributed by atoms with Gasteiger partial charge in [-0.05, 0) is 12.1 Å². The number of ether oxygens (including phenoxy) is 2. The first-order valence-electron chi connectivity index (χ1n) is 4.83. The van der Waals surface area contributed by atoms with Crippen LogP contribution in [0.3, 0.4) is 0 Å². The summed E-state index contributed by atoms with van der Waals surface area (Å²) < 4.78 is 36.9. The van der Waals surface area contributed by atoms with Crippen molar-refractivity contribution in [1.82, 2.24) is 0 Å². The van der Waals surface area contributed by atoms with E-state index in [2.05, 4.69) is 0 Å². The summed E-state index contributed by atoms with van der Waals surface area (Å²) in [6.07, 6.45) is 0.332. The zero-order chi connectivity index (χ0) is 11.8. The monoisotopic (exact) mass is 225 g/mol. The van der Waals surface area contributed by atoms with E-state index < -0.39 is 17.2 Å². The molecule has 1 aromatic carbocycles. The predicted molar refractivity (Wildman–Crippen MR) is 51.1 cm³/mol. The Morgan fingerprint density at radius 1 is 1.38 bits per heavy atom. The zero-order valence-corrected chi connectivity index (χ0v) is 8.59. The van der Waals surface area contributed by atoms with E-state index in [9.17, 15) is 8.78 Å². The van der Waals surface area contributed by atoms with Crippen molar-refractivity contribution in [2.45, 2.75) is 18.9 Å². The van der Waals surface area contributed by atoms with E-state index in [1.54, 1.807) is 6.92 Å². The highest BCUT2D eigenvalue weighted by atomic mass is 19.1. The van der Waals surface area contributed by atoms with Gasteiger partial charge in [0.1, 0.15) is 12.7 Å². The summed E-state index contributed by atoms with van der Waals surface area (Å²) >= 11 is 0. The number of nitrogens with zero attached hydrogens (tertiary/aromatic N) is 1. The molecule has 2 rings (SSSR count). The first-order valence-corrected chi connectivity index (χ1v) is 4.83. The molecule has 16 heavy (non-hydrogen) atoms. The molecule has 1 heterocycles. The van der Waals surface area contributed by atoms with Crippen molar-refractivity contribution in [2.24, 2.45) is 0 Å². The van der Waals surface area contributed by atoms with E-state index in [1.807, 2.05) is 6.07 Å². The minimum absolute atomic E-state index is 0.104. The van der Waals surface area contributed by atoms with Gasteiger partial charge in [0.05, 0.1) is 0 Å². The van der Waals surface area contributed by atoms with Crippen LogP contribution >= 0.6 is 0 Å². The average molecular weight is 225 g/mol. The summed E-state index contributed by atoms with van der Waals surface area (Å²) in [5.74, 6) is -2.02. The Morgan fingerprint density at radius 2 is 2.00 bits per heavy atom. The first-order chi connectivity index (χ1) is 7.62. The van der Waals surface area contributed by atoms with Gasteiger partial charge in [0.2, 0.25) is 11.4 Å². The van der Waals surface area contributed by atoms with Crippen LogP contribution in [0.2, 0.25) is 0 Å². The Labute approximate surface area is 91.2 Å². The highest BCUT2D eigenvalue weighted by Crippen LogP contribution is 2.40. The van der Waals surface area contributed by atoms with Crippen LogP contribution in [0.1, 0.15) is 13.3 Å². The molecule has 0 aliphatic carbocycles. The molecular formula is C11H9F2NO2. The summed E-state index contributed by atoms with van der Waals surface area (Å²) in [5.41, 5.74) is -1.23. The van der Waals surface area contributed by atoms with Crippen LogP contribution in [-0.2, 0) is 0 Å². The third-order valence-electron chi connectivity index (χ3n) is 2.54. The highest BCUT2D eigenvalue weighted by Gasteiger charge is 2.39. The van der Waals surface area contributed by atoms with Crippen molar-refractivity contribution in [3.63, 3.8) is 0 Å². The van der Waals surface area contributed by atoms with Crippen molar-refractivity contribution in [3.05, 3.63) is 23.8 Å². The zero-order valence-electron chi connectivity index (χ0n) is 8.59. The van der Waals surface area contributed by atoms with E-state index in [4.69, 9.17) is 14.7 Å². The maximum atomic E-state index is 13.4. The predicted octanol–water partition coefficient (Wildman–Crippen LogP) is 2.41. The van der Waals surface area contributed by atoms with Gasteiger partial charge in [-0.1, -0.05) is 6.92 Å². The average Bonchev–Trinajstić information content (AvgIpc) is 2.33. The minimum Gasteiger partial charge on any atom is -0.481 e. The molecule has 0 unspecified atom stereocenters. The molecule has 84 valence electrons. The van der Waals surface area contributed by atoms with Crippen LogP contribution in [0.25, 0.3) is 0 Å². The maximum Gasteiger partial charge on any atom is 0.227 e. The lowest BCUT2D eigenvalue weighted by Crippen LogP contribution is -2.43. The SMILES string of the molecule is CC[C@]1(C#N)COc2c(F)ccc(F)c2O1. The number of benzene rings is 1. The number of halogens is 2. The molecule has 5 heteroatoms. The summed E-state index contributed by atoms with van der Waals surface area (Å²) in [6.45, 7) is 1.61. The number of hydrogen-bond acceptors (Lipinski definition) is 3. The van der Waals surface area contributed by atoms with Gasteiger partial charge in [-0.15, -0.1) is 0 Å². The fourth-order valence-electron chi connectivity index (χ4n) is 1.47. The van der Waals surface area contributed by atoms with Crippen LogP contribution in [-0.4, -0.2) is 12.2 Å². The molecule has 0 fully saturated rings. The van der Waals surface area contributed by atoms with E-state index in [0.29, 0.717) is 6.42 Å². The van der Waals surface area contributed by atoms with Crippen LogP contribution in [0, 0.1) is 23.0 Å². The number of fused-ring (bicyclic) bond motifs is 1. The lowest BCUT2D eigenvalue weighted by molar-refractivity contribution is 0.0255. The van der Waals surface area contributed by atoms with Crippen molar-refractivity contribution >= 4 is 0 Å². The highest BCUT2D eigenvalue weighted by molar-refractivity contribution is 5.44. The standard InChI is InChI=1S/C11H9F2NO2/c1-2-11(5-14)6-15-9-7(12)3-4-8(13)10(9)16-11/h3-4H,2,6H2,1H3/t11-/m0/s1. The van der Waals surface area contributed by atoms with E-state index in [1.165, 1.54) is 0 Å². The molecule has 3 nitrogen and oxygen atoms in total. The lowest BCUT2D eigenvalue weighted by Gasteiger charge is -2.32. The van der Waals surface area contributed by atoms with Crippen molar-refractivity contribution < 1.29 is 18.3 Å². The van der Waals surface area contributed by atoms with Gasteiger partial charge < -0.3 is 9.47 Å². The van der Waals surface area contributed by atoms with Gasteiger partial charge >= 0.3 is 0 Å². The van der Waals surface area contributed by atoms with Gasteiger partial charge in [0.25, 0.3) is 0 Å². The molecule has 1 aliphatic rings. The smallest absolute Gasteiger partial charge is 0.227 e. The molecule has 0 saturated carbocycles. The topological polar surface area (TPSA) is 42.2 Å². The molecule has 0 aromatic heterocycles. The second-order valence-electron chi connectivity index (χ2n) is 3.54. The Hall–Kier alpha value is -1.83. The van der Waals surface area contributed by atoms with Gasteiger partial charge in [0.15, 0.2) is 17.4 Å². The van der Waals surface area contributed by atoms with Crippen LogP contribution in [0.5, 0.6) is 11.5 Å². The Bertz CT molecular complexity index is 470. The quantitative estimate of drug-likeness (QED) is 0.737. The van der Waals surface area contributed by atoms with Crippen molar-refractivity contribution in [2.75, 3.05) is 6.61 Å². The third-order valence-corrected chi connectivity index (χ3v) is 2.54. The molecule has 0 amide bonds. The van der Waals surface area contributed by atoms with Crippen LogP contribution in [0.15, 0.2) is 12.1 Å². The van der Waals surface area contributed by atoms with Crippen LogP contribution in [0.4, 0.5) is 8.78 Å². The van der Waals surface area contributed by atoms with E-state index in [-0.39, 0.29) is 18.1 Å². The second-order valence-corrected chi connectivity index (χ2v) is 3.54. The lowest BCUT2D eigenvalue weighted by atomic mass is 10.0. The minimum atomic E-state index is -1.23. The summed E-state index contributed by atoms with van der Waals surface area (Å²) in [7, 11) is 0. The van der Waals surface area contributed by atoms with Gasteiger partial charge in [0, 0.05) is 6.42 Å². The molecule has 1 aliphatic heterocycles. The third kappa shape index (κ3) is 1.47. The van der Waals surface area contributed by atoms with Gasteiger partial charge in [-0.3, -0.25) is 0 Å². The number of nitriles is 1. The maximum absolute atomic E-state index is 13.4. The Balaban J connectivity index is 2.48. The van der Waals surface area contributed by atoms with Gasteiger partial charge in [-0.2, -0.15) is 5.26 Å². The van der Waals surface area contributed by atoms with Crippen LogP contribution < -0.4 is 9.47 Å². The summed E-state index contributed by atoms with van der Waals surface area (Å²) in [6, 6.07) is 3.82. The Morgan fingerprint density at radius 3 is 2.56 bits per heavy atom. The molecule has 0 saturated heterocycles. The summed E-state index contributed by atoms with van der Waals surface area (Å²) in [5, 5.41) is 8.96.